The highest BCUT2D eigenvalue weighted by atomic mass is 16.4. The van der Waals surface area contributed by atoms with Gasteiger partial charge in [-0.2, -0.15) is 0 Å². The maximum atomic E-state index is 10.6. The molecule has 0 bridgehead atoms. The van der Waals surface area contributed by atoms with Gasteiger partial charge in [0.2, 0.25) is 0 Å². The average Bonchev–Trinajstić information content (AvgIpc) is 2.25. The zero-order valence-corrected chi connectivity index (χ0v) is 9.66. The van der Waals surface area contributed by atoms with Gasteiger partial charge in [-0.25, -0.2) is 4.79 Å². The van der Waals surface area contributed by atoms with Crippen LogP contribution in [0.3, 0.4) is 0 Å². The minimum atomic E-state index is -0.955. The van der Waals surface area contributed by atoms with E-state index in [0.29, 0.717) is 6.54 Å². The van der Waals surface area contributed by atoms with Crippen LogP contribution in [0.4, 0.5) is 0 Å². The van der Waals surface area contributed by atoms with Crippen molar-refractivity contribution < 1.29 is 9.90 Å². The van der Waals surface area contributed by atoms with E-state index in [1.54, 1.807) is 0 Å². The van der Waals surface area contributed by atoms with E-state index < -0.39 is 5.97 Å². The van der Waals surface area contributed by atoms with E-state index in [0.717, 1.165) is 5.56 Å². The number of aliphatic carboxylic acids is 1. The molecule has 1 aromatic carbocycles. The second kappa shape index (κ2) is 5.47. The fraction of sp³-hybridized carbons (Fsp3) is 0.308. The molecule has 0 aliphatic carbocycles. The van der Waals surface area contributed by atoms with Crippen LogP contribution in [0.5, 0.6) is 0 Å². The average molecular weight is 219 g/mol. The summed E-state index contributed by atoms with van der Waals surface area (Å²) in [6.45, 7) is 7.81. The van der Waals surface area contributed by atoms with Crippen LogP contribution in [0, 0.1) is 6.92 Å². The van der Waals surface area contributed by atoms with Gasteiger partial charge in [0.05, 0.1) is 0 Å². The first-order valence-corrected chi connectivity index (χ1v) is 5.21. The summed E-state index contributed by atoms with van der Waals surface area (Å²) in [7, 11) is 0. The van der Waals surface area contributed by atoms with Gasteiger partial charge in [-0.15, -0.1) is 0 Å². The second-order valence-electron chi connectivity index (χ2n) is 3.93. The Morgan fingerprint density at radius 1 is 1.56 bits per heavy atom. The molecule has 16 heavy (non-hydrogen) atoms. The quantitative estimate of drug-likeness (QED) is 0.747. The lowest BCUT2D eigenvalue weighted by Gasteiger charge is -2.14. The SMILES string of the molecule is C=C(CN[C@@H](C)c1cccc(C)c1)C(=O)O. The van der Waals surface area contributed by atoms with Crippen LogP contribution >= 0.6 is 0 Å². The van der Waals surface area contributed by atoms with Crippen molar-refractivity contribution in [2.75, 3.05) is 6.54 Å². The number of benzene rings is 1. The Morgan fingerprint density at radius 2 is 2.25 bits per heavy atom. The van der Waals surface area contributed by atoms with Gasteiger partial charge in [0.25, 0.3) is 0 Å². The maximum Gasteiger partial charge on any atom is 0.332 e. The first-order chi connectivity index (χ1) is 7.50. The first kappa shape index (κ1) is 12.5. The molecule has 0 aliphatic rings. The molecule has 0 unspecified atom stereocenters. The fourth-order valence-electron chi connectivity index (χ4n) is 1.41. The monoisotopic (exact) mass is 219 g/mol. The lowest BCUT2D eigenvalue weighted by atomic mass is 10.1. The molecule has 3 nitrogen and oxygen atoms in total. The van der Waals surface area contributed by atoms with Gasteiger partial charge < -0.3 is 10.4 Å². The second-order valence-corrected chi connectivity index (χ2v) is 3.93. The van der Waals surface area contributed by atoms with Crippen LogP contribution in [0.15, 0.2) is 36.4 Å². The van der Waals surface area contributed by atoms with Gasteiger partial charge in [0.15, 0.2) is 0 Å². The van der Waals surface area contributed by atoms with Crippen molar-refractivity contribution in [3.63, 3.8) is 0 Å². The molecule has 3 heteroatoms. The van der Waals surface area contributed by atoms with Crippen LogP contribution in [0.1, 0.15) is 24.1 Å². The molecule has 0 heterocycles. The third-order valence-electron chi connectivity index (χ3n) is 2.47. The number of carbonyl (C=O) groups is 1. The topological polar surface area (TPSA) is 49.3 Å². The molecule has 0 spiro atoms. The van der Waals surface area contributed by atoms with E-state index in [1.165, 1.54) is 5.56 Å². The summed E-state index contributed by atoms with van der Waals surface area (Å²) < 4.78 is 0. The Bertz CT molecular complexity index is 399. The van der Waals surface area contributed by atoms with E-state index in [9.17, 15) is 4.79 Å². The molecular weight excluding hydrogens is 202 g/mol. The molecule has 1 rings (SSSR count). The Kier molecular flexibility index (Phi) is 4.26. The van der Waals surface area contributed by atoms with E-state index in [1.807, 2.05) is 32.0 Å². The van der Waals surface area contributed by atoms with Gasteiger partial charge in [-0.3, -0.25) is 0 Å². The minimum Gasteiger partial charge on any atom is -0.478 e. The number of rotatable bonds is 5. The minimum absolute atomic E-state index is 0.121. The Hall–Kier alpha value is -1.61. The van der Waals surface area contributed by atoms with Crippen molar-refractivity contribution >= 4 is 5.97 Å². The van der Waals surface area contributed by atoms with Crippen molar-refractivity contribution in [1.29, 1.82) is 0 Å². The van der Waals surface area contributed by atoms with Crippen molar-refractivity contribution in [1.82, 2.24) is 5.32 Å². The molecule has 1 atom stereocenters. The number of hydrogen-bond donors (Lipinski definition) is 2. The lowest BCUT2D eigenvalue weighted by Crippen LogP contribution is -2.23. The summed E-state index contributed by atoms with van der Waals surface area (Å²) in [6.07, 6.45) is 0. The van der Waals surface area contributed by atoms with E-state index in [-0.39, 0.29) is 11.6 Å². The number of nitrogens with one attached hydrogen (secondary N) is 1. The molecule has 0 amide bonds. The van der Waals surface area contributed by atoms with Crippen LogP contribution in [-0.2, 0) is 4.79 Å². The van der Waals surface area contributed by atoms with Gasteiger partial charge >= 0.3 is 5.97 Å². The van der Waals surface area contributed by atoms with Gasteiger partial charge in [0.1, 0.15) is 0 Å². The zero-order chi connectivity index (χ0) is 12.1. The van der Waals surface area contributed by atoms with E-state index >= 15 is 0 Å². The van der Waals surface area contributed by atoms with E-state index in [2.05, 4.69) is 18.0 Å². The normalized spacial score (nSPS) is 12.1. The van der Waals surface area contributed by atoms with Crippen LogP contribution in [0.25, 0.3) is 0 Å². The summed E-state index contributed by atoms with van der Waals surface area (Å²) in [5.74, 6) is -0.955. The summed E-state index contributed by atoms with van der Waals surface area (Å²) in [4.78, 5) is 10.6. The highest BCUT2D eigenvalue weighted by Gasteiger charge is 2.08. The molecule has 0 radical (unpaired) electrons. The third kappa shape index (κ3) is 3.51. The lowest BCUT2D eigenvalue weighted by molar-refractivity contribution is -0.132. The summed E-state index contributed by atoms with van der Waals surface area (Å²) in [5, 5.41) is 11.8. The molecule has 2 N–H and O–H groups in total. The Morgan fingerprint density at radius 3 is 2.81 bits per heavy atom. The fourth-order valence-corrected chi connectivity index (χ4v) is 1.41. The van der Waals surface area contributed by atoms with E-state index in [4.69, 9.17) is 5.11 Å². The predicted octanol–water partition coefficient (Wildman–Crippen LogP) is 2.29. The highest BCUT2D eigenvalue weighted by molar-refractivity contribution is 5.86. The Balaban J connectivity index is 2.56. The molecule has 86 valence electrons. The van der Waals surface area contributed by atoms with Crippen molar-refractivity contribution in [2.45, 2.75) is 19.9 Å². The molecule has 1 aromatic rings. The number of carboxylic acid groups (broad SMARTS) is 1. The number of hydrogen-bond acceptors (Lipinski definition) is 2. The largest absolute Gasteiger partial charge is 0.478 e. The van der Waals surface area contributed by atoms with Crippen molar-refractivity contribution in [2.24, 2.45) is 0 Å². The molecule has 0 aromatic heterocycles. The summed E-state index contributed by atoms with van der Waals surface area (Å²) in [6, 6.07) is 8.26. The number of aryl methyl sites for hydroxylation is 1. The molecular formula is C13H17NO2. The van der Waals surface area contributed by atoms with Crippen LogP contribution in [0.2, 0.25) is 0 Å². The van der Waals surface area contributed by atoms with Crippen molar-refractivity contribution in [3.05, 3.63) is 47.5 Å². The van der Waals surface area contributed by atoms with Gasteiger partial charge in [0, 0.05) is 18.2 Å². The Labute approximate surface area is 95.8 Å². The molecule has 0 fully saturated rings. The maximum absolute atomic E-state index is 10.6. The molecule has 0 saturated carbocycles. The predicted molar refractivity (Wildman–Crippen MR) is 64.4 cm³/mol. The van der Waals surface area contributed by atoms with Crippen molar-refractivity contribution in [3.8, 4) is 0 Å². The third-order valence-corrected chi connectivity index (χ3v) is 2.47. The molecule has 0 saturated heterocycles. The van der Waals surface area contributed by atoms with Gasteiger partial charge in [-0.1, -0.05) is 36.4 Å². The standard InChI is InChI=1S/C13H17NO2/c1-9-5-4-6-12(7-9)11(3)14-8-10(2)13(15)16/h4-7,11,14H,2,8H2,1,3H3,(H,15,16)/t11-/m0/s1. The zero-order valence-electron chi connectivity index (χ0n) is 9.66. The summed E-state index contributed by atoms with van der Waals surface area (Å²) in [5.41, 5.74) is 2.53. The number of carboxylic acids is 1. The van der Waals surface area contributed by atoms with Crippen LogP contribution < -0.4 is 5.32 Å². The summed E-state index contributed by atoms with van der Waals surface area (Å²) >= 11 is 0. The van der Waals surface area contributed by atoms with Crippen LogP contribution in [-0.4, -0.2) is 17.6 Å². The molecule has 0 aliphatic heterocycles. The smallest absolute Gasteiger partial charge is 0.332 e. The first-order valence-electron chi connectivity index (χ1n) is 5.21. The highest BCUT2D eigenvalue weighted by Crippen LogP contribution is 2.13. The van der Waals surface area contributed by atoms with Gasteiger partial charge in [-0.05, 0) is 19.4 Å².